The summed E-state index contributed by atoms with van der Waals surface area (Å²) < 4.78 is 11.0. The number of carbonyl (C=O) groups excluding carboxylic acids is 1. The molecule has 1 amide bonds. The quantitative estimate of drug-likeness (QED) is 0.919. The standard InChI is InChI=1S/C15H24N4O3/c1-15(2,3)22-14(20)19-6-4-11(5-7-19)9-21-13-8-12(16)17-10-18-13/h8,10-11H,4-7,9H2,1-3H3,(H2,16,17,18). The molecule has 7 nitrogen and oxygen atoms in total. The van der Waals surface area contributed by atoms with Crippen molar-refractivity contribution in [1.29, 1.82) is 0 Å². The molecular formula is C15H24N4O3. The Bertz CT molecular complexity index is 508. The molecule has 22 heavy (non-hydrogen) atoms. The minimum atomic E-state index is -0.454. The van der Waals surface area contributed by atoms with Gasteiger partial charge < -0.3 is 20.1 Å². The number of hydrogen-bond donors (Lipinski definition) is 1. The van der Waals surface area contributed by atoms with Gasteiger partial charge in [0.2, 0.25) is 5.88 Å². The summed E-state index contributed by atoms with van der Waals surface area (Å²) in [6.07, 6.45) is 2.92. The first-order valence-corrected chi connectivity index (χ1v) is 7.52. The zero-order valence-electron chi connectivity index (χ0n) is 13.4. The summed E-state index contributed by atoms with van der Waals surface area (Å²) in [7, 11) is 0. The molecule has 7 heteroatoms. The monoisotopic (exact) mass is 308 g/mol. The lowest BCUT2D eigenvalue weighted by molar-refractivity contribution is 0.0164. The van der Waals surface area contributed by atoms with Crippen LogP contribution in [0.4, 0.5) is 10.6 Å². The molecule has 1 aromatic rings. The number of ether oxygens (including phenoxy) is 2. The normalized spacial score (nSPS) is 16.4. The van der Waals surface area contributed by atoms with Gasteiger partial charge in [0.05, 0.1) is 6.61 Å². The summed E-state index contributed by atoms with van der Waals surface area (Å²) in [4.78, 5) is 21.6. The van der Waals surface area contributed by atoms with E-state index in [0.717, 1.165) is 12.8 Å². The minimum Gasteiger partial charge on any atom is -0.477 e. The van der Waals surface area contributed by atoms with Crippen LogP contribution in [0.15, 0.2) is 12.4 Å². The van der Waals surface area contributed by atoms with Crippen LogP contribution in [0.2, 0.25) is 0 Å². The Balaban J connectivity index is 1.74. The number of nitrogen functional groups attached to an aromatic ring is 1. The lowest BCUT2D eigenvalue weighted by Crippen LogP contribution is -2.42. The maximum Gasteiger partial charge on any atom is 0.410 e. The number of nitrogens with two attached hydrogens (primary N) is 1. The molecular weight excluding hydrogens is 284 g/mol. The number of hydrogen-bond acceptors (Lipinski definition) is 6. The van der Waals surface area contributed by atoms with Crippen LogP contribution < -0.4 is 10.5 Å². The van der Waals surface area contributed by atoms with Crippen molar-refractivity contribution in [3.05, 3.63) is 12.4 Å². The Hall–Kier alpha value is -2.05. The van der Waals surface area contributed by atoms with E-state index >= 15 is 0 Å². The van der Waals surface area contributed by atoms with Gasteiger partial charge in [-0.05, 0) is 39.5 Å². The summed E-state index contributed by atoms with van der Waals surface area (Å²) in [6, 6.07) is 1.61. The summed E-state index contributed by atoms with van der Waals surface area (Å²) in [6.45, 7) is 7.57. The number of likely N-dealkylation sites (tertiary alicyclic amines) is 1. The molecule has 1 fully saturated rings. The summed E-state index contributed by atoms with van der Waals surface area (Å²) in [5.41, 5.74) is 5.13. The molecule has 0 spiro atoms. The Kier molecular flexibility index (Phi) is 5.05. The van der Waals surface area contributed by atoms with Gasteiger partial charge in [-0.1, -0.05) is 0 Å². The summed E-state index contributed by atoms with van der Waals surface area (Å²) in [5.74, 6) is 1.28. The van der Waals surface area contributed by atoms with Crippen LogP contribution in [0, 0.1) is 5.92 Å². The summed E-state index contributed by atoms with van der Waals surface area (Å²) in [5, 5.41) is 0. The molecule has 2 heterocycles. The van der Waals surface area contributed by atoms with Gasteiger partial charge in [-0.15, -0.1) is 0 Å². The Labute approximate surface area is 130 Å². The molecule has 2 N–H and O–H groups in total. The van der Waals surface area contributed by atoms with Crippen LogP contribution in [-0.4, -0.2) is 46.3 Å². The topological polar surface area (TPSA) is 90.6 Å². The number of piperidine rings is 1. The van der Waals surface area contributed by atoms with E-state index in [4.69, 9.17) is 15.2 Å². The van der Waals surface area contributed by atoms with Crippen molar-refractivity contribution in [2.24, 2.45) is 5.92 Å². The van der Waals surface area contributed by atoms with Crippen molar-refractivity contribution < 1.29 is 14.3 Å². The first-order chi connectivity index (χ1) is 10.3. The molecule has 122 valence electrons. The Morgan fingerprint density at radius 2 is 2.05 bits per heavy atom. The third kappa shape index (κ3) is 5.05. The fourth-order valence-electron chi connectivity index (χ4n) is 2.24. The van der Waals surface area contributed by atoms with E-state index in [-0.39, 0.29) is 6.09 Å². The lowest BCUT2D eigenvalue weighted by atomic mass is 9.98. The SMILES string of the molecule is CC(C)(C)OC(=O)N1CCC(COc2cc(N)ncn2)CC1. The van der Waals surface area contributed by atoms with E-state index in [0.29, 0.717) is 37.3 Å². The van der Waals surface area contributed by atoms with E-state index in [1.165, 1.54) is 6.33 Å². The zero-order valence-corrected chi connectivity index (χ0v) is 13.4. The highest BCUT2D eigenvalue weighted by molar-refractivity contribution is 5.68. The number of aromatic nitrogens is 2. The van der Waals surface area contributed by atoms with Crippen molar-refractivity contribution >= 4 is 11.9 Å². The fraction of sp³-hybridized carbons (Fsp3) is 0.667. The average molecular weight is 308 g/mol. The van der Waals surface area contributed by atoms with Gasteiger partial charge in [-0.3, -0.25) is 0 Å². The van der Waals surface area contributed by atoms with Crippen LogP contribution in [0.25, 0.3) is 0 Å². The molecule has 0 unspecified atom stereocenters. The van der Waals surface area contributed by atoms with Crippen molar-refractivity contribution in [2.45, 2.75) is 39.2 Å². The smallest absolute Gasteiger partial charge is 0.410 e. The van der Waals surface area contributed by atoms with E-state index in [9.17, 15) is 4.79 Å². The van der Waals surface area contributed by atoms with Gasteiger partial charge in [0.1, 0.15) is 17.7 Å². The molecule has 0 radical (unpaired) electrons. The highest BCUT2D eigenvalue weighted by Gasteiger charge is 2.27. The predicted molar refractivity (Wildman–Crippen MR) is 82.5 cm³/mol. The van der Waals surface area contributed by atoms with Gasteiger partial charge in [0, 0.05) is 19.2 Å². The van der Waals surface area contributed by atoms with Crippen molar-refractivity contribution in [2.75, 3.05) is 25.4 Å². The van der Waals surface area contributed by atoms with Gasteiger partial charge >= 0.3 is 6.09 Å². The minimum absolute atomic E-state index is 0.240. The molecule has 0 atom stereocenters. The third-order valence-electron chi connectivity index (χ3n) is 3.40. The van der Waals surface area contributed by atoms with Crippen LogP contribution in [0.1, 0.15) is 33.6 Å². The first kappa shape index (κ1) is 16.3. The number of anilines is 1. The fourth-order valence-corrected chi connectivity index (χ4v) is 2.24. The average Bonchev–Trinajstić information content (AvgIpc) is 2.44. The number of amides is 1. The van der Waals surface area contributed by atoms with Gasteiger partial charge in [-0.25, -0.2) is 14.8 Å². The zero-order chi connectivity index (χ0) is 16.2. The van der Waals surface area contributed by atoms with Crippen LogP contribution in [0.5, 0.6) is 5.88 Å². The largest absolute Gasteiger partial charge is 0.477 e. The van der Waals surface area contributed by atoms with Crippen molar-refractivity contribution in [1.82, 2.24) is 14.9 Å². The molecule has 1 saturated heterocycles. The second-order valence-corrected chi connectivity index (χ2v) is 6.50. The second kappa shape index (κ2) is 6.81. The van der Waals surface area contributed by atoms with E-state index in [2.05, 4.69) is 9.97 Å². The molecule has 0 bridgehead atoms. The number of carbonyl (C=O) groups is 1. The number of nitrogens with zero attached hydrogens (tertiary/aromatic N) is 3. The lowest BCUT2D eigenvalue weighted by Gasteiger charge is -2.33. The predicted octanol–water partition coefficient (Wildman–Crippen LogP) is 2.08. The van der Waals surface area contributed by atoms with Crippen LogP contribution in [0.3, 0.4) is 0 Å². The maximum atomic E-state index is 12.0. The first-order valence-electron chi connectivity index (χ1n) is 7.52. The van der Waals surface area contributed by atoms with Crippen molar-refractivity contribution in [3.8, 4) is 5.88 Å². The highest BCUT2D eigenvalue weighted by Crippen LogP contribution is 2.20. The molecule has 0 aliphatic carbocycles. The van der Waals surface area contributed by atoms with Crippen LogP contribution >= 0.6 is 0 Å². The Morgan fingerprint density at radius 3 is 2.64 bits per heavy atom. The molecule has 0 saturated carbocycles. The Morgan fingerprint density at radius 1 is 1.36 bits per heavy atom. The van der Waals surface area contributed by atoms with Crippen LogP contribution in [-0.2, 0) is 4.74 Å². The van der Waals surface area contributed by atoms with E-state index < -0.39 is 5.60 Å². The molecule has 2 rings (SSSR count). The maximum absolute atomic E-state index is 12.0. The number of rotatable bonds is 3. The van der Waals surface area contributed by atoms with Crippen molar-refractivity contribution in [3.63, 3.8) is 0 Å². The van der Waals surface area contributed by atoms with E-state index in [1.807, 2.05) is 20.8 Å². The third-order valence-corrected chi connectivity index (χ3v) is 3.40. The second-order valence-electron chi connectivity index (χ2n) is 6.50. The molecule has 0 aromatic carbocycles. The van der Waals surface area contributed by atoms with Gasteiger partial charge in [-0.2, -0.15) is 0 Å². The molecule has 1 aromatic heterocycles. The molecule has 1 aliphatic rings. The summed E-state index contributed by atoms with van der Waals surface area (Å²) >= 11 is 0. The van der Waals surface area contributed by atoms with Gasteiger partial charge in [0.15, 0.2) is 0 Å². The van der Waals surface area contributed by atoms with Gasteiger partial charge in [0.25, 0.3) is 0 Å². The molecule has 1 aliphatic heterocycles. The van der Waals surface area contributed by atoms with E-state index in [1.54, 1.807) is 11.0 Å². The highest BCUT2D eigenvalue weighted by atomic mass is 16.6.